The van der Waals surface area contributed by atoms with Crippen LogP contribution in [-0.2, 0) is 0 Å². The van der Waals surface area contributed by atoms with Crippen molar-refractivity contribution in [3.8, 4) is 0 Å². The average molecular weight is 184 g/mol. The monoisotopic (exact) mass is 184 g/mol. The van der Waals surface area contributed by atoms with E-state index in [1.807, 2.05) is 0 Å². The van der Waals surface area contributed by atoms with Gasteiger partial charge < -0.3 is 5.11 Å². The van der Waals surface area contributed by atoms with E-state index in [0.717, 1.165) is 5.92 Å². The Kier molecular flexibility index (Phi) is 4.24. The largest absolute Gasteiger partial charge is 0.396 e. The molecule has 1 N–H and O–H groups in total. The van der Waals surface area contributed by atoms with Gasteiger partial charge in [0.15, 0.2) is 0 Å². The molecule has 1 nitrogen and oxygen atoms in total. The number of rotatable bonds is 4. The van der Waals surface area contributed by atoms with Crippen molar-refractivity contribution in [1.29, 1.82) is 0 Å². The fourth-order valence-electron chi connectivity index (χ4n) is 2.38. The molecule has 1 aliphatic carbocycles. The number of aliphatic hydroxyl groups is 1. The van der Waals surface area contributed by atoms with Crippen molar-refractivity contribution in [2.45, 2.75) is 58.8 Å². The van der Waals surface area contributed by atoms with Crippen molar-refractivity contribution in [3.63, 3.8) is 0 Å². The lowest BCUT2D eigenvalue weighted by molar-refractivity contribution is 0.0680. The minimum absolute atomic E-state index is 0.308. The molecule has 0 unspecified atom stereocenters. The Bertz CT molecular complexity index is 134. The Morgan fingerprint density at radius 3 is 2.23 bits per heavy atom. The smallest absolute Gasteiger partial charge is 0.0487 e. The average Bonchev–Trinajstić information content (AvgIpc) is 2.16. The molecule has 1 heteroatoms. The van der Waals surface area contributed by atoms with Gasteiger partial charge in [-0.05, 0) is 30.6 Å². The summed E-state index contributed by atoms with van der Waals surface area (Å²) in [6, 6.07) is 0. The van der Waals surface area contributed by atoms with Crippen LogP contribution < -0.4 is 0 Å². The standard InChI is InChI=1S/C12H24O/c1-11(2)6-9-12(10-13)7-4-3-5-8-12/h11,13H,3-10H2,1-2H3. The van der Waals surface area contributed by atoms with E-state index in [4.69, 9.17) is 0 Å². The third kappa shape index (κ3) is 3.30. The highest BCUT2D eigenvalue weighted by Crippen LogP contribution is 2.40. The second-order valence-corrected chi connectivity index (χ2v) is 5.15. The van der Waals surface area contributed by atoms with Crippen LogP contribution in [0.15, 0.2) is 0 Å². The van der Waals surface area contributed by atoms with E-state index in [0.29, 0.717) is 12.0 Å². The third-order valence-corrected chi connectivity index (χ3v) is 3.50. The topological polar surface area (TPSA) is 20.2 Å². The first kappa shape index (κ1) is 11.0. The molecule has 1 rings (SSSR count). The molecule has 1 fully saturated rings. The quantitative estimate of drug-likeness (QED) is 0.710. The summed E-state index contributed by atoms with van der Waals surface area (Å²) in [4.78, 5) is 0. The molecule has 0 aromatic heterocycles. The molecule has 0 heterocycles. The first-order valence-electron chi connectivity index (χ1n) is 5.79. The molecule has 0 spiro atoms. The van der Waals surface area contributed by atoms with E-state index < -0.39 is 0 Å². The Morgan fingerprint density at radius 2 is 1.77 bits per heavy atom. The van der Waals surface area contributed by atoms with E-state index in [-0.39, 0.29) is 0 Å². The number of aliphatic hydroxyl groups excluding tert-OH is 1. The Morgan fingerprint density at radius 1 is 1.15 bits per heavy atom. The third-order valence-electron chi connectivity index (χ3n) is 3.50. The van der Waals surface area contributed by atoms with Crippen molar-refractivity contribution >= 4 is 0 Å². The summed E-state index contributed by atoms with van der Waals surface area (Å²) in [5.41, 5.74) is 0.308. The van der Waals surface area contributed by atoms with E-state index in [1.165, 1.54) is 44.9 Å². The van der Waals surface area contributed by atoms with Gasteiger partial charge in [0, 0.05) is 6.61 Å². The lowest BCUT2D eigenvalue weighted by Gasteiger charge is -2.36. The van der Waals surface area contributed by atoms with Crippen LogP contribution in [0.5, 0.6) is 0 Å². The summed E-state index contributed by atoms with van der Waals surface area (Å²) < 4.78 is 0. The summed E-state index contributed by atoms with van der Waals surface area (Å²) in [5, 5.41) is 9.45. The maximum Gasteiger partial charge on any atom is 0.0487 e. The number of hydrogen-bond donors (Lipinski definition) is 1. The predicted octanol–water partition coefficient (Wildman–Crippen LogP) is 3.37. The van der Waals surface area contributed by atoms with Gasteiger partial charge >= 0.3 is 0 Å². The van der Waals surface area contributed by atoms with Gasteiger partial charge in [-0.15, -0.1) is 0 Å². The summed E-state index contributed by atoms with van der Waals surface area (Å²) in [7, 11) is 0. The molecule has 0 atom stereocenters. The van der Waals surface area contributed by atoms with Crippen LogP contribution in [0.2, 0.25) is 0 Å². The summed E-state index contributed by atoms with van der Waals surface area (Å²) in [5.74, 6) is 0.783. The van der Waals surface area contributed by atoms with Crippen LogP contribution in [0.3, 0.4) is 0 Å². The molecule has 0 amide bonds. The minimum atomic E-state index is 0.308. The normalized spacial score (nSPS) is 22.2. The van der Waals surface area contributed by atoms with E-state index in [1.54, 1.807) is 0 Å². The second-order valence-electron chi connectivity index (χ2n) is 5.15. The molecule has 0 aromatic carbocycles. The second kappa shape index (κ2) is 4.99. The zero-order chi connectivity index (χ0) is 9.73. The highest BCUT2D eigenvalue weighted by atomic mass is 16.3. The van der Waals surface area contributed by atoms with Gasteiger partial charge in [0.2, 0.25) is 0 Å². The maximum atomic E-state index is 9.45. The zero-order valence-corrected chi connectivity index (χ0v) is 9.18. The molecule has 0 aromatic rings. The van der Waals surface area contributed by atoms with Crippen LogP contribution in [-0.4, -0.2) is 11.7 Å². The van der Waals surface area contributed by atoms with Gasteiger partial charge in [-0.25, -0.2) is 0 Å². The highest BCUT2D eigenvalue weighted by molar-refractivity contribution is 4.82. The molecule has 13 heavy (non-hydrogen) atoms. The van der Waals surface area contributed by atoms with E-state index in [9.17, 15) is 5.11 Å². The van der Waals surface area contributed by atoms with Crippen LogP contribution >= 0.6 is 0 Å². The number of hydrogen-bond acceptors (Lipinski definition) is 1. The van der Waals surface area contributed by atoms with Crippen molar-refractivity contribution in [2.75, 3.05) is 6.61 Å². The van der Waals surface area contributed by atoms with Crippen LogP contribution in [0, 0.1) is 11.3 Å². The molecule has 0 bridgehead atoms. The minimum Gasteiger partial charge on any atom is -0.396 e. The van der Waals surface area contributed by atoms with Gasteiger partial charge in [0.25, 0.3) is 0 Å². The molecule has 78 valence electrons. The molecule has 1 saturated carbocycles. The summed E-state index contributed by atoms with van der Waals surface area (Å²) >= 11 is 0. The predicted molar refractivity (Wildman–Crippen MR) is 56.7 cm³/mol. The zero-order valence-electron chi connectivity index (χ0n) is 9.18. The molecule has 0 saturated heterocycles. The van der Waals surface area contributed by atoms with Crippen molar-refractivity contribution in [3.05, 3.63) is 0 Å². The molecule has 0 aliphatic heterocycles. The SMILES string of the molecule is CC(C)CCC1(CO)CCCCC1. The fourth-order valence-corrected chi connectivity index (χ4v) is 2.38. The Balaban J connectivity index is 2.38. The highest BCUT2D eigenvalue weighted by Gasteiger charge is 2.30. The van der Waals surface area contributed by atoms with Crippen molar-refractivity contribution < 1.29 is 5.11 Å². The maximum absolute atomic E-state index is 9.45. The van der Waals surface area contributed by atoms with Gasteiger partial charge in [0.1, 0.15) is 0 Å². The van der Waals surface area contributed by atoms with Gasteiger partial charge in [-0.2, -0.15) is 0 Å². The molecule has 1 aliphatic rings. The lowest BCUT2D eigenvalue weighted by Crippen LogP contribution is -2.28. The van der Waals surface area contributed by atoms with E-state index >= 15 is 0 Å². The van der Waals surface area contributed by atoms with Crippen LogP contribution in [0.4, 0.5) is 0 Å². The Hall–Kier alpha value is -0.0400. The van der Waals surface area contributed by atoms with E-state index in [2.05, 4.69) is 13.8 Å². The lowest BCUT2D eigenvalue weighted by atomic mass is 9.71. The molecule has 0 radical (unpaired) electrons. The Labute approximate surface area is 82.5 Å². The van der Waals surface area contributed by atoms with Crippen LogP contribution in [0.1, 0.15) is 58.8 Å². The summed E-state index contributed by atoms with van der Waals surface area (Å²) in [6.45, 7) is 4.96. The first-order valence-corrected chi connectivity index (χ1v) is 5.79. The van der Waals surface area contributed by atoms with Crippen molar-refractivity contribution in [1.82, 2.24) is 0 Å². The van der Waals surface area contributed by atoms with Gasteiger partial charge in [-0.1, -0.05) is 39.5 Å². The van der Waals surface area contributed by atoms with Crippen LogP contribution in [0.25, 0.3) is 0 Å². The molecular formula is C12H24O. The van der Waals surface area contributed by atoms with Gasteiger partial charge in [0.05, 0.1) is 0 Å². The first-order chi connectivity index (χ1) is 6.18. The molecular weight excluding hydrogens is 160 g/mol. The van der Waals surface area contributed by atoms with Gasteiger partial charge in [-0.3, -0.25) is 0 Å². The van der Waals surface area contributed by atoms with Crippen molar-refractivity contribution in [2.24, 2.45) is 11.3 Å². The summed E-state index contributed by atoms with van der Waals surface area (Å²) in [6.07, 6.45) is 9.08. The fraction of sp³-hybridized carbons (Fsp3) is 1.00.